The highest BCUT2D eigenvalue weighted by Gasteiger charge is 2.13. The Labute approximate surface area is 126 Å². The monoisotopic (exact) mass is 310 g/mol. The van der Waals surface area contributed by atoms with E-state index in [0.29, 0.717) is 21.3 Å². The van der Waals surface area contributed by atoms with E-state index in [1.807, 2.05) is 0 Å². The molecule has 0 saturated carbocycles. The number of primary amides is 1. The number of carbonyl (C=O) groups excluding carboxylic acids is 1. The Morgan fingerprint density at radius 3 is 2.65 bits per heavy atom. The first-order valence-corrected chi connectivity index (χ1v) is 6.49. The molecule has 2 aromatic carbocycles. The molecule has 1 amide bonds. The van der Waals surface area contributed by atoms with Crippen LogP contribution < -0.4 is 16.2 Å². The topological polar surface area (TPSA) is 78.3 Å². The van der Waals surface area contributed by atoms with Crippen molar-refractivity contribution in [3.8, 4) is 5.75 Å². The van der Waals surface area contributed by atoms with E-state index in [2.05, 4.69) is 0 Å². The average molecular weight is 311 g/mol. The number of halogens is 2. The summed E-state index contributed by atoms with van der Waals surface area (Å²) in [5.74, 6) is -0.361. The number of para-hydroxylation sites is 1. The third-order valence-electron chi connectivity index (χ3n) is 2.69. The lowest BCUT2D eigenvalue weighted by atomic mass is 10.1. The fraction of sp³-hybridized carbons (Fsp3) is 0.0714. The van der Waals surface area contributed by atoms with E-state index in [1.54, 1.807) is 36.4 Å². The van der Waals surface area contributed by atoms with Gasteiger partial charge in [-0.2, -0.15) is 0 Å². The summed E-state index contributed by atoms with van der Waals surface area (Å²) in [5.41, 5.74) is 12.3. The van der Waals surface area contributed by atoms with Gasteiger partial charge in [-0.1, -0.05) is 29.3 Å². The van der Waals surface area contributed by atoms with Crippen LogP contribution in [0.25, 0.3) is 0 Å². The van der Waals surface area contributed by atoms with Crippen LogP contribution in [0.2, 0.25) is 10.0 Å². The number of nitrogens with two attached hydrogens (primary N) is 2. The molecule has 0 unspecified atom stereocenters. The highest BCUT2D eigenvalue weighted by atomic mass is 35.5. The van der Waals surface area contributed by atoms with Crippen LogP contribution in [0, 0.1) is 0 Å². The van der Waals surface area contributed by atoms with Crippen molar-refractivity contribution in [1.82, 2.24) is 0 Å². The number of nitrogen functional groups attached to an aromatic ring is 1. The zero-order chi connectivity index (χ0) is 14.7. The molecule has 0 aliphatic rings. The number of hydrogen-bond donors (Lipinski definition) is 2. The second-order valence-electron chi connectivity index (χ2n) is 4.11. The SMILES string of the molecule is NC(=O)c1cccc(N)c1OCc1cc(Cl)ccc1Cl. The van der Waals surface area contributed by atoms with E-state index in [-0.39, 0.29) is 17.9 Å². The molecule has 104 valence electrons. The second-order valence-corrected chi connectivity index (χ2v) is 4.96. The van der Waals surface area contributed by atoms with Crippen molar-refractivity contribution in [3.63, 3.8) is 0 Å². The minimum absolute atomic E-state index is 0.133. The molecular formula is C14H12Cl2N2O2. The molecule has 0 bridgehead atoms. The van der Waals surface area contributed by atoms with Crippen LogP contribution >= 0.6 is 23.2 Å². The van der Waals surface area contributed by atoms with Crippen molar-refractivity contribution in [3.05, 3.63) is 57.6 Å². The Kier molecular flexibility index (Phi) is 4.37. The zero-order valence-corrected chi connectivity index (χ0v) is 11.9. The Balaban J connectivity index is 2.27. The Hall–Kier alpha value is -1.91. The summed E-state index contributed by atoms with van der Waals surface area (Å²) in [6, 6.07) is 9.85. The van der Waals surface area contributed by atoms with Crippen LogP contribution in [0.1, 0.15) is 15.9 Å². The summed E-state index contributed by atoms with van der Waals surface area (Å²) in [5, 5.41) is 1.06. The van der Waals surface area contributed by atoms with Crippen molar-refractivity contribution in [2.75, 3.05) is 5.73 Å². The fourth-order valence-corrected chi connectivity index (χ4v) is 2.08. The van der Waals surface area contributed by atoms with Gasteiger partial charge in [0.1, 0.15) is 6.61 Å². The van der Waals surface area contributed by atoms with Crippen LogP contribution in [-0.2, 0) is 6.61 Å². The van der Waals surface area contributed by atoms with Crippen molar-refractivity contribution in [2.24, 2.45) is 5.73 Å². The maximum Gasteiger partial charge on any atom is 0.252 e. The lowest BCUT2D eigenvalue weighted by Gasteiger charge is -2.13. The average Bonchev–Trinajstić information content (AvgIpc) is 2.40. The van der Waals surface area contributed by atoms with Gasteiger partial charge in [-0.15, -0.1) is 0 Å². The summed E-state index contributed by atoms with van der Waals surface area (Å²) < 4.78 is 5.58. The molecule has 2 aromatic rings. The van der Waals surface area contributed by atoms with Gasteiger partial charge in [-0.05, 0) is 30.3 Å². The van der Waals surface area contributed by atoms with Crippen LogP contribution in [0.4, 0.5) is 5.69 Å². The van der Waals surface area contributed by atoms with E-state index in [9.17, 15) is 4.79 Å². The molecule has 0 aromatic heterocycles. The first-order valence-electron chi connectivity index (χ1n) is 5.74. The van der Waals surface area contributed by atoms with Gasteiger partial charge in [0.25, 0.3) is 5.91 Å². The fourth-order valence-electron chi connectivity index (χ4n) is 1.71. The van der Waals surface area contributed by atoms with Crippen LogP contribution in [0.3, 0.4) is 0 Å². The minimum Gasteiger partial charge on any atom is -0.486 e. The molecule has 4 N–H and O–H groups in total. The number of hydrogen-bond acceptors (Lipinski definition) is 3. The van der Waals surface area contributed by atoms with Crippen LogP contribution in [-0.4, -0.2) is 5.91 Å². The predicted molar refractivity (Wildman–Crippen MR) is 80.2 cm³/mol. The summed E-state index contributed by atoms with van der Waals surface area (Å²) in [7, 11) is 0. The molecule has 0 fully saturated rings. The Morgan fingerprint density at radius 2 is 1.95 bits per heavy atom. The zero-order valence-electron chi connectivity index (χ0n) is 10.4. The summed E-state index contributed by atoms with van der Waals surface area (Å²) in [6.45, 7) is 0.133. The largest absolute Gasteiger partial charge is 0.486 e. The van der Waals surface area contributed by atoms with Crippen molar-refractivity contribution >= 4 is 34.8 Å². The molecule has 0 heterocycles. The van der Waals surface area contributed by atoms with E-state index >= 15 is 0 Å². The van der Waals surface area contributed by atoms with Crippen molar-refractivity contribution in [2.45, 2.75) is 6.61 Å². The maximum absolute atomic E-state index is 11.3. The number of carbonyl (C=O) groups is 1. The third-order valence-corrected chi connectivity index (χ3v) is 3.29. The van der Waals surface area contributed by atoms with Gasteiger partial charge in [0.05, 0.1) is 11.3 Å². The molecule has 20 heavy (non-hydrogen) atoms. The van der Waals surface area contributed by atoms with Gasteiger partial charge in [-0.25, -0.2) is 0 Å². The van der Waals surface area contributed by atoms with Crippen LogP contribution in [0.5, 0.6) is 5.75 Å². The summed E-state index contributed by atoms with van der Waals surface area (Å²) >= 11 is 11.9. The predicted octanol–water partition coefficient (Wildman–Crippen LogP) is 3.25. The van der Waals surface area contributed by atoms with E-state index in [4.69, 9.17) is 39.4 Å². The molecule has 4 nitrogen and oxygen atoms in total. The molecule has 0 aliphatic heterocycles. The van der Waals surface area contributed by atoms with Crippen molar-refractivity contribution in [1.29, 1.82) is 0 Å². The first kappa shape index (κ1) is 14.5. The number of ether oxygens (including phenoxy) is 1. The van der Waals surface area contributed by atoms with Crippen molar-refractivity contribution < 1.29 is 9.53 Å². The lowest BCUT2D eigenvalue weighted by Crippen LogP contribution is -2.14. The summed E-state index contributed by atoms with van der Waals surface area (Å²) in [6.07, 6.45) is 0. The lowest BCUT2D eigenvalue weighted by molar-refractivity contribution is 0.0996. The van der Waals surface area contributed by atoms with Gasteiger partial charge in [0.15, 0.2) is 5.75 Å². The molecular weight excluding hydrogens is 299 g/mol. The number of rotatable bonds is 4. The van der Waals surface area contributed by atoms with E-state index < -0.39 is 5.91 Å². The van der Waals surface area contributed by atoms with E-state index in [0.717, 1.165) is 0 Å². The van der Waals surface area contributed by atoms with Crippen LogP contribution in [0.15, 0.2) is 36.4 Å². The number of benzene rings is 2. The smallest absolute Gasteiger partial charge is 0.252 e. The van der Waals surface area contributed by atoms with Gasteiger partial charge < -0.3 is 16.2 Å². The number of anilines is 1. The second kappa shape index (κ2) is 6.03. The molecule has 0 saturated heterocycles. The Morgan fingerprint density at radius 1 is 1.20 bits per heavy atom. The van der Waals surface area contributed by atoms with Gasteiger partial charge in [0, 0.05) is 15.6 Å². The molecule has 2 rings (SSSR count). The normalized spacial score (nSPS) is 10.3. The van der Waals surface area contributed by atoms with E-state index in [1.165, 1.54) is 0 Å². The Bertz CT molecular complexity index is 660. The minimum atomic E-state index is -0.607. The molecule has 0 spiro atoms. The van der Waals surface area contributed by atoms with Gasteiger partial charge in [-0.3, -0.25) is 4.79 Å². The summed E-state index contributed by atoms with van der Waals surface area (Å²) in [4.78, 5) is 11.3. The quantitative estimate of drug-likeness (QED) is 0.851. The highest BCUT2D eigenvalue weighted by Crippen LogP contribution is 2.28. The highest BCUT2D eigenvalue weighted by molar-refractivity contribution is 6.33. The maximum atomic E-state index is 11.3. The number of amides is 1. The molecule has 0 radical (unpaired) electrons. The third kappa shape index (κ3) is 3.15. The van der Waals surface area contributed by atoms with Gasteiger partial charge in [0.2, 0.25) is 0 Å². The van der Waals surface area contributed by atoms with Gasteiger partial charge >= 0.3 is 0 Å². The molecule has 0 atom stereocenters. The molecule has 6 heteroatoms. The standard InChI is InChI=1S/C14H12Cl2N2O2/c15-9-4-5-11(16)8(6-9)7-20-13-10(14(18)19)2-1-3-12(13)17/h1-6H,7,17H2,(H2,18,19). The first-order chi connectivity index (χ1) is 9.49. The molecule has 0 aliphatic carbocycles.